The van der Waals surface area contributed by atoms with Crippen LogP contribution in [0.4, 0.5) is 8.78 Å². The van der Waals surface area contributed by atoms with E-state index >= 15 is 0 Å². The van der Waals surface area contributed by atoms with Crippen LogP contribution in [0, 0.1) is 11.6 Å². The van der Waals surface area contributed by atoms with Gasteiger partial charge in [-0.1, -0.05) is 37.3 Å². The molecular weight excluding hydrogens is 324 g/mol. The van der Waals surface area contributed by atoms with E-state index in [1.165, 1.54) is 6.07 Å². The summed E-state index contributed by atoms with van der Waals surface area (Å²) >= 11 is 3.18. The molecule has 0 aliphatic heterocycles. The maximum atomic E-state index is 14.3. The molecule has 0 heterocycles. The third-order valence-corrected chi connectivity index (χ3v) is 3.72. The van der Waals surface area contributed by atoms with Crippen molar-refractivity contribution in [1.82, 2.24) is 5.32 Å². The van der Waals surface area contributed by atoms with Gasteiger partial charge in [-0.15, -0.1) is 0 Å². The van der Waals surface area contributed by atoms with Gasteiger partial charge in [-0.2, -0.15) is 0 Å². The number of halogens is 3. The highest BCUT2D eigenvalue weighted by molar-refractivity contribution is 9.10. The molecule has 0 radical (unpaired) electrons. The normalized spacial score (nSPS) is 12.4. The molecule has 1 unspecified atom stereocenters. The molecule has 2 aromatic carbocycles. The lowest BCUT2D eigenvalue weighted by Gasteiger charge is -2.21. The zero-order valence-corrected chi connectivity index (χ0v) is 12.8. The molecule has 0 fully saturated rings. The van der Waals surface area contributed by atoms with Crippen LogP contribution in [0.1, 0.15) is 30.5 Å². The van der Waals surface area contributed by atoms with Crippen molar-refractivity contribution in [3.05, 3.63) is 69.7 Å². The van der Waals surface area contributed by atoms with E-state index < -0.39 is 6.04 Å². The Balaban J connectivity index is 2.47. The van der Waals surface area contributed by atoms with Crippen molar-refractivity contribution in [3.8, 4) is 0 Å². The molecule has 0 aliphatic rings. The number of hydrogen-bond acceptors (Lipinski definition) is 1. The lowest BCUT2D eigenvalue weighted by Crippen LogP contribution is -2.25. The summed E-state index contributed by atoms with van der Waals surface area (Å²) in [6.07, 6.45) is 0.889. The number of benzene rings is 2. The predicted octanol–water partition coefficient (Wildman–Crippen LogP) is 4.82. The molecule has 2 rings (SSSR count). The fourth-order valence-electron chi connectivity index (χ4n) is 2.13. The van der Waals surface area contributed by atoms with E-state index in [0.29, 0.717) is 22.1 Å². The largest absolute Gasteiger partial charge is 0.306 e. The Morgan fingerprint density at radius 1 is 1.05 bits per heavy atom. The third kappa shape index (κ3) is 3.25. The molecule has 0 aliphatic carbocycles. The van der Waals surface area contributed by atoms with Crippen LogP contribution in [0.2, 0.25) is 0 Å². The average Bonchev–Trinajstić information content (AvgIpc) is 2.45. The second kappa shape index (κ2) is 6.95. The van der Waals surface area contributed by atoms with E-state index in [1.54, 1.807) is 36.4 Å². The van der Waals surface area contributed by atoms with Gasteiger partial charge in [-0.3, -0.25) is 0 Å². The molecular formula is C16H16BrF2N. The van der Waals surface area contributed by atoms with E-state index in [2.05, 4.69) is 21.2 Å². The molecule has 0 saturated carbocycles. The second-order valence-electron chi connectivity index (χ2n) is 4.55. The van der Waals surface area contributed by atoms with E-state index in [0.717, 1.165) is 6.42 Å². The molecule has 1 N–H and O–H groups in total. The minimum absolute atomic E-state index is 0.333. The first-order valence-corrected chi connectivity index (χ1v) is 7.36. The minimum atomic E-state index is -0.492. The summed E-state index contributed by atoms with van der Waals surface area (Å²) in [5.41, 5.74) is 0.899. The Morgan fingerprint density at radius 3 is 2.45 bits per heavy atom. The maximum Gasteiger partial charge on any atom is 0.142 e. The topological polar surface area (TPSA) is 12.0 Å². The summed E-state index contributed by atoms with van der Waals surface area (Å²) in [4.78, 5) is 0. The molecule has 0 spiro atoms. The summed E-state index contributed by atoms with van der Waals surface area (Å²) in [7, 11) is 0. The fourth-order valence-corrected chi connectivity index (χ4v) is 2.51. The third-order valence-electron chi connectivity index (χ3n) is 3.11. The van der Waals surface area contributed by atoms with Gasteiger partial charge in [-0.25, -0.2) is 8.78 Å². The summed E-state index contributed by atoms with van der Waals surface area (Å²) < 4.78 is 28.7. The van der Waals surface area contributed by atoms with Gasteiger partial charge in [-0.05, 0) is 41.0 Å². The van der Waals surface area contributed by atoms with Crippen LogP contribution in [0.3, 0.4) is 0 Å². The smallest absolute Gasteiger partial charge is 0.142 e. The van der Waals surface area contributed by atoms with Crippen molar-refractivity contribution in [2.75, 3.05) is 6.54 Å². The van der Waals surface area contributed by atoms with Crippen molar-refractivity contribution < 1.29 is 8.78 Å². The van der Waals surface area contributed by atoms with Crippen LogP contribution >= 0.6 is 15.9 Å². The lowest BCUT2D eigenvalue weighted by atomic mass is 9.97. The van der Waals surface area contributed by atoms with Crippen molar-refractivity contribution in [2.24, 2.45) is 0 Å². The monoisotopic (exact) mass is 339 g/mol. The van der Waals surface area contributed by atoms with Crippen LogP contribution < -0.4 is 5.32 Å². The van der Waals surface area contributed by atoms with Crippen LogP contribution in [-0.4, -0.2) is 6.54 Å². The molecule has 0 bridgehead atoms. The first kappa shape index (κ1) is 15.1. The van der Waals surface area contributed by atoms with Crippen LogP contribution in [0.25, 0.3) is 0 Å². The van der Waals surface area contributed by atoms with Crippen LogP contribution in [0.5, 0.6) is 0 Å². The average molecular weight is 340 g/mol. The highest BCUT2D eigenvalue weighted by atomic mass is 79.9. The number of rotatable bonds is 5. The maximum absolute atomic E-state index is 14.3. The highest BCUT2D eigenvalue weighted by Crippen LogP contribution is 2.29. The van der Waals surface area contributed by atoms with E-state index in [1.807, 2.05) is 6.92 Å². The Labute approximate surface area is 126 Å². The summed E-state index contributed by atoms with van der Waals surface area (Å²) in [6, 6.07) is 11.0. The van der Waals surface area contributed by atoms with Crippen LogP contribution in [0.15, 0.2) is 46.9 Å². The molecule has 106 valence electrons. The van der Waals surface area contributed by atoms with Crippen molar-refractivity contribution in [1.29, 1.82) is 0 Å². The van der Waals surface area contributed by atoms with E-state index in [-0.39, 0.29) is 11.6 Å². The first-order chi connectivity index (χ1) is 9.65. The van der Waals surface area contributed by atoms with Gasteiger partial charge in [0, 0.05) is 11.1 Å². The van der Waals surface area contributed by atoms with Gasteiger partial charge in [0.05, 0.1) is 10.5 Å². The summed E-state index contributed by atoms with van der Waals surface area (Å²) in [5.74, 6) is -0.690. The van der Waals surface area contributed by atoms with E-state index in [4.69, 9.17) is 0 Å². The molecule has 20 heavy (non-hydrogen) atoms. The highest BCUT2D eigenvalue weighted by Gasteiger charge is 2.21. The number of nitrogens with one attached hydrogen (secondary N) is 1. The lowest BCUT2D eigenvalue weighted by molar-refractivity contribution is 0.518. The van der Waals surface area contributed by atoms with Crippen molar-refractivity contribution in [3.63, 3.8) is 0 Å². The molecule has 2 aromatic rings. The van der Waals surface area contributed by atoms with Crippen molar-refractivity contribution in [2.45, 2.75) is 19.4 Å². The Hall–Kier alpha value is -1.26. The van der Waals surface area contributed by atoms with Gasteiger partial charge in [0.15, 0.2) is 0 Å². The molecule has 0 aromatic heterocycles. The molecule has 0 saturated heterocycles. The van der Waals surface area contributed by atoms with Gasteiger partial charge in [0.1, 0.15) is 11.6 Å². The standard InChI is InChI=1S/C16H16BrF2N/c1-2-10-20-16(11-6-3-4-9-14(11)18)12-7-5-8-13(17)15(12)19/h3-9,16,20H,2,10H2,1H3. The van der Waals surface area contributed by atoms with Crippen molar-refractivity contribution >= 4 is 15.9 Å². The zero-order chi connectivity index (χ0) is 14.5. The van der Waals surface area contributed by atoms with Gasteiger partial charge >= 0.3 is 0 Å². The summed E-state index contributed by atoms with van der Waals surface area (Å²) in [6.45, 7) is 2.70. The fraction of sp³-hybridized carbons (Fsp3) is 0.250. The second-order valence-corrected chi connectivity index (χ2v) is 5.41. The molecule has 4 heteroatoms. The van der Waals surface area contributed by atoms with Crippen LogP contribution in [-0.2, 0) is 0 Å². The van der Waals surface area contributed by atoms with Gasteiger partial charge in [0.2, 0.25) is 0 Å². The first-order valence-electron chi connectivity index (χ1n) is 6.56. The molecule has 0 amide bonds. The number of hydrogen-bond donors (Lipinski definition) is 1. The Morgan fingerprint density at radius 2 is 1.75 bits per heavy atom. The molecule has 1 atom stereocenters. The van der Waals surface area contributed by atoms with Gasteiger partial charge < -0.3 is 5.32 Å². The summed E-state index contributed by atoms with van der Waals surface area (Å²) in [5, 5.41) is 3.21. The van der Waals surface area contributed by atoms with Gasteiger partial charge in [0.25, 0.3) is 0 Å². The predicted molar refractivity (Wildman–Crippen MR) is 80.6 cm³/mol. The SMILES string of the molecule is CCCNC(c1ccccc1F)c1cccc(Br)c1F. The zero-order valence-electron chi connectivity index (χ0n) is 11.2. The van der Waals surface area contributed by atoms with E-state index in [9.17, 15) is 8.78 Å². The Kier molecular flexibility index (Phi) is 5.26. The quantitative estimate of drug-likeness (QED) is 0.823. The molecule has 1 nitrogen and oxygen atoms in total. The minimum Gasteiger partial charge on any atom is -0.306 e. The Bertz CT molecular complexity index is 586.